The lowest BCUT2D eigenvalue weighted by Crippen LogP contribution is -2.22. The summed E-state index contributed by atoms with van der Waals surface area (Å²) >= 11 is 5.87. The van der Waals surface area contributed by atoms with Crippen LogP contribution in [0.5, 0.6) is 0 Å². The van der Waals surface area contributed by atoms with Gasteiger partial charge in [0.25, 0.3) is 5.91 Å². The van der Waals surface area contributed by atoms with E-state index in [1.54, 1.807) is 24.3 Å². The van der Waals surface area contributed by atoms with Crippen LogP contribution < -0.4 is 10.6 Å². The Morgan fingerprint density at radius 2 is 2.04 bits per heavy atom. The SMILES string of the molecule is CC(NCc1cccc(NC(=O)c2ccc(Cl)cc2)c1)c1nnnn1C1CC1. The van der Waals surface area contributed by atoms with Crippen molar-refractivity contribution in [2.45, 2.75) is 38.4 Å². The zero-order valence-electron chi connectivity index (χ0n) is 15.5. The van der Waals surface area contributed by atoms with E-state index in [0.717, 1.165) is 29.9 Å². The first kappa shape index (κ1) is 18.6. The molecule has 1 heterocycles. The van der Waals surface area contributed by atoms with Gasteiger partial charge in [-0.3, -0.25) is 4.79 Å². The standard InChI is InChI=1S/C20H21ClN6O/c1-13(19-24-25-26-27(19)18-9-10-18)22-12-14-3-2-4-17(11-14)23-20(28)15-5-7-16(21)8-6-15/h2-8,11,13,18,22H,9-10,12H2,1H3,(H,23,28). The third kappa shape index (κ3) is 4.37. The number of halogens is 1. The van der Waals surface area contributed by atoms with E-state index in [4.69, 9.17) is 11.6 Å². The number of anilines is 1. The van der Waals surface area contributed by atoms with Crippen molar-refractivity contribution in [2.75, 3.05) is 5.32 Å². The summed E-state index contributed by atoms with van der Waals surface area (Å²) in [5.41, 5.74) is 2.37. The average molecular weight is 397 g/mol. The van der Waals surface area contributed by atoms with E-state index in [-0.39, 0.29) is 11.9 Å². The van der Waals surface area contributed by atoms with Gasteiger partial charge in [-0.2, -0.15) is 0 Å². The van der Waals surface area contributed by atoms with Crippen LogP contribution in [0.3, 0.4) is 0 Å². The number of carbonyl (C=O) groups excluding carboxylic acids is 1. The maximum atomic E-state index is 12.4. The Balaban J connectivity index is 1.37. The second kappa shape index (κ2) is 8.08. The summed E-state index contributed by atoms with van der Waals surface area (Å²) in [5, 5.41) is 19.0. The number of aromatic nitrogens is 4. The topological polar surface area (TPSA) is 84.7 Å². The molecule has 0 spiro atoms. The highest BCUT2D eigenvalue weighted by molar-refractivity contribution is 6.30. The molecule has 1 aliphatic carbocycles. The number of hydrogen-bond acceptors (Lipinski definition) is 5. The van der Waals surface area contributed by atoms with Crippen LogP contribution >= 0.6 is 11.6 Å². The van der Waals surface area contributed by atoms with Crippen molar-refractivity contribution in [2.24, 2.45) is 0 Å². The van der Waals surface area contributed by atoms with Gasteiger partial charge in [0.15, 0.2) is 5.82 Å². The van der Waals surface area contributed by atoms with Crippen molar-refractivity contribution >= 4 is 23.2 Å². The van der Waals surface area contributed by atoms with Crippen molar-refractivity contribution in [1.29, 1.82) is 0 Å². The first-order chi connectivity index (χ1) is 13.6. The van der Waals surface area contributed by atoms with Gasteiger partial charge in [-0.05, 0) is 72.2 Å². The zero-order valence-corrected chi connectivity index (χ0v) is 16.2. The number of hydrogen-bond donors (Lipinski definition) is 2. The van der Waals surface area contributed by atoms with Crippen molar-refractivity contribution in [1.82, 2.24) is 25.5 Å². The number of amides is 1. The van der Waals surface area contributed by atoms with Crippen molar-refractivity contribution in [3.63, 3.8) is 0 Å². The molecule has 1 amide bonds. The van der Waals surface area contributed by atoms with E-state index < -0.39 is 0 Å². The maximum absolute atomic E-state index is 12.4. The highest BCUT2D eigenvalue weighted by Crippen LogP contribution is 2.35. The molecule has 28 heavy (non-hydrogen) atoms. The molecule has 1 atom stereocenters. The Labute approximate surface area is 168 Å². The van der Waals surface area contributed by atoms with E-state index >= 15 is 0 Å². The van der Waals surface area contributed by atoms with Crippen molar-refractivity contribution in [3.8, 4) is 0 Å². The molecule has 0 bridgehead atoms. The second-order valence-electron chi connectivity index (χ2n) is 6.98. The molecule has 1 saturated carbocycles. The van der Waals surface area contributed by atoms with Crippen LogP contribution in [0.1, 0.15) is 53.6 Å². The molecule has 0 aliphatic heterocycles. The Bertz CT molecular complexity index is 967. The van der Waals surface area contributed by atoms with E-state index in [1.807, 2.05) is 28.9 Å². The molecule has 7 nitrogen and oxygen atoms in total. The molecule has 1 unspecified atom stereocenters. The Morgan fingerprint density at radius 3 is 2.79 bits per heavy atom. The van der Waals surface area contributed by atoms with Crippen LogP contribution in [0.4, 0.5) is 5.69 Å². The van der Waals surface area contributed by atoms with Gasteiger partial charge in [-0.1, -0.05) is 23.7 Å². The van der Waals surface area contributed by atoms with E-state index in [1.165, 1.54) is 0 Å². The van der Waals surface area contributed by atoms with Crippen LogP contribution in [-0.2, 0) is 6.54 Å². The highest BCUT2D eigenvalue weighted by Gasteiger charge is 2.29. The van der Waals surface area contributed by atoms with Crippen molar-refractivity contribution in [3.05, 3.63) is 70.5 Å². The molecule has 2 N–H and O–H groups in total. The number of nitrogens with zero attached hydrogens (tertiary/aromatic N) is 4. The van der Waals surface area contributed by atoms with E-state index in [2.05, 4.69) is 33.1 Å². The number of nitrogens with one attached hydrogen (secondary N) is 2. The predicted octanol–water partition coefficient (Wildman–Crippen LogP) is 3.76. The van der Waals surface area contributed by atoms with E-state index in [0.29, 0.717) is 23.2 Å². The molecule has 8 heteroatoms. The predicted molar refractivity (Wildman–Crippen MR) is 107 cm³/mol. The zero-order chi connectivity index (χ0) is 19.5. The van der Waals surface area contributed by atoms with Crippen LogP contribution in [0, 0.1) is 0 Å². The number of benzene rings is 2. The second-order valence-corrected chi connectivity index (χ2v) is 7.41. The largest absolute Gasteiger partial charge is 0.322 e. The van der Waals surface area contributed by atoms with Gasteiger partial charge >= 0.3 is 0 Å². The fourth-order valence-corrected chi connectivity index (χ4v) is 3.12. The third-order valence-electron chi connectivity index (χ3n) is 4.70. The van der Waals surface area contributed by atoms with Gasteiger partial charge < -0.3 is 10.6 Å². The van der Waals surface area contributed by atoms with Crippen LogP contribution in [0.2, 0.25) is 5.02 Å². The molecule has 4 rings (SSSR count). The van der Waals surface area contributed by atoms with Gasteiger partial charge in [0, 0.05) is 22.8 Å². The highest BCUT2D eigenvalue weighted by atomic mass is 35.5. The fraction of sp³-hybridized carbons (Fsp3) is 0.300. The maximum Gasteiger partial charge on any atom is 0.255 e. The number of rotatable bonds is 7. The fourth-order valence-electron chi connectivity index (χ4n) is 2.99. The Kier molecular flexibility index (Phi) is 5.36. The average Bonchev–Trinajstić information content (AvgIpc) is 3.43. The monoisotopic (exact) mass is 396 g/mol. The molecule has 1 aliphatic rings. The number of tetrazole rings is 1. The summed E-state index contributed by atoms with van der Waals surface area (Å²) < 4.78 is 1.92. The lowest BCUT2D eigenvalue weighted by atomic mass is 10.1. The molecule has 0 radical (unpaired) electrons. The summed E-state index contributed by atoms with van der Waals surface area (Å²) in [4.78, 5) is 12.4. The first-order valence-electron chi connectivity index (χ1n) is 9.27. The molecule has 2 aromatic carbocycles. The Hall–Kier alpha value is -2.77. The molecule has 1 aromatic heterocycles. The minimum Gasteiger partial charge on any atom is -0.322 e. The number of carbonyl (C=O) groups is 1. The minimum atomic E-state index is -0.168. The van der Waals surface area contributed by atoms with Crippen LogP contribution in [0.15, 0.2) is 48.5 Å². The van der Waals surface area contributed by atoms with Gasteiger partial charge in [0.1, 0.15) is 0 Å². The summed E-state index contributed by atoms with van der Waals surface area (Å²) in [6.07, 6.45) is 2.28. The molecular weight excluding hydrogens is 376 g/mol. The lowest BCUT2D eigenvalue weighted by Gasteiger charge is -2.14. The van der Waals surface area contributed by atoms with Crippen LogP contribution in [-0.4, -0.2) is 26.1 Å². The van der Waals surface area contributed by atoms with Crippen LogP contribution in [0.25, 0.3) is 0 Å². The first-order valence-corrected chi connectivity index (χ1v) is 9.65. The summed E-state index contributed by atoms with van der Waals surface area (Å²) in [6, 6.07) is 15.1. The summed E-state index contributed by atoms with van der Waals surface area (Å²) in [6.45, 7) is 2.69. The summed E-state index contributed by atoms with van der Waals surface area (Å²) in [5.74, 6) is 0.688. The lowest BCUT2D eigenvalue weighted by molar-refractivity contribution is 0.102. The summed E-state index contributed by atoms with van der Waals surface area (Å²) in [7, 11) is 0. The van der Waals surface area contributed by atoms with Gasteiger partial charge in [-0.15, -0.1) is 5.10 Å². The normalized spacial score (nSPS) is 14.6. The molecule has 1 fully saturated rings. The molecule has 144 valence electrons. The van der Waals surface area contributed by atoms with Gasteiger partial charge in [-0.25, -0.2) is 4.68 Å². The Morgan fingerprint density at radius 1 is 1.25 bits per heavy atom. The third-order valence-corrected chi connectivity index (χ3v) is 4.95. The van der Waals surface area contributed by atoms with Gasteiger partial charge in [0.05, 0.1) is 12.1 Å². The quantitative estimate of drug-likeness (QED) is 0.635. The van der Waals surface area contributed by atoms with Crippen molar-refractivity contribution < 1.29 is 4.79 Å². The van der Waals surface area contributed by atoms with E-state index in [9.17, 15) is 4.79 Å². The molecular formula is C20H21ClN6O. The van der Waals surface area contributed by atoms with Gasteiger partial charge in [0.2, 0.25) is 0 Å². The minimum absolute atomic E-state index is 0.0305. The molecule has 3 aromatic rings. The molecule has 0 saturated heterocycles. The smallest absolute Gasteiger partial charge is 0.255 e.